The number of rotatable bonds is 14. The fourth-order valence-electron chi connectivity index (χ4n) is 4.93. The van der Waals surface area contributed by atoms with Gasteiger partial charge in [-0.1, -0.05) is 95.8 Å². The number of amides is 2. The zero-order valence-corrected chi connectivity index (χ0v) is 29.3. The van der Waals surface area contributed by atoms with Crippen LogP contribution in [-0.2, 0) is 32.6 Å². The maximum absolute atomic E-state index is 14.6. The van der Waals surface area contributed by atoms with Gasteiger partial charge in [0.25, 0.3) is 10.0 Å². The van der Waals surface area contributed by atoms with E-state index in [1.165, 1.54) is 42.3 Å². The quantitative estimate of drug-likeness (QED) is 0.148. The smallest absolute Gasteiger partial charge is 0.264 e. The summed E-state index contributed by atoms with van der Waals surface area (Å²) in [6.07, 6.45) is 0.855. The standard InChI is InChI=1S/C35H36Cl3N3O5S/c1-4-18-39-35(43)32(19-25-8-6-5-7-9-25)40(22-26-12-13-27(36)20-30(26)37)34(42)23-41(28-14-17-33(46-3)31(38)21-28)47(44,45)29-15-10-24(2)11-16-29/h5-17,20-21,32H,4,18-19,22-23H2,1-3H3,(H,39,43)/t32-/m0/s1. The molecule has 0 fully saturated rings. The van der Waals surface area contributed by atoms with Crippen LogP contribution in [0.25, 0.3) is 0 Å². The normalized spacial score (nSPS) is 11.9. The molecule has 0 aliphatic carbocycles. The van der Waals surface area contributed by atoms with E-state index in [0.717, 1.165) is 15.4 Å². The number of ether oxygens (including phenoxy) is 1. The number of hydrogen-bond acceptors (Lipinski definition) is 5. The third-order valence-electron chi connectivity index (χ3n) is 7.49. The fourth-order valence-corrected chi connectivity index (χ4v) is 7.06. The summed E-state index contributed by atoms with van der Waals surface area (Å²) in [5.41, 5.74) is 2.36. The van der Waals surface area contributed by atoms with Crippen LogP contribution >= 0.6 is 34.8 Å². The van der Waals surface area contributed by atoms with Crippen LogP contribution in [0.4, 0.5) is 5.69 Å². The number of carbonyl (C=O) groups excluding carboxylic acids is 2. The Labute approximate surface area is 291 Å². The van der Waals surface area contributed by atoms with Crippen LogP contribution in [0.15, 0.2) is 95.9 Å². The van der Waals surface area contributed by atoms with Crippen LogP contribution in [0.2, 0.25) is 15.1 Å². The molecule has 1 N–H and O–H groups in total. The van der Waals surface area contributed by atoms with Crippen molar-refractivity contribution in [1.82, 2.24) is 10.2 Å². The maximum Gasteiger partial charge on any atom is 0.264 e. The topological polar surface area (TPSA) is 96.0 Å². The lowest BCUT2D eigenvalue weighted by atomic mass is 10.0. The Hall–Kier alpha value is -3.76. The lowest BCUT2D eigenvalue weighted by Crippen LogP contribution is -2.53. The van der Waals surface area contributed by atoms with Crippen molar-refractivity contribution in [2.24, 2.45) is 0 Å². The molecule has 0 aromatic heterocycles. The third-order valence-corrected chi connectivity index (χ3v) is 10.2. The van der Waals surface area contributed by atoms with E-state index in [9.17, 15) is 18.0 Å². The summed E-state index contributed by atoms with van der Waals surface area (Å²) in [7, 11) is -2.85. The zero-order valence-electron chi connectivity index (χ0n) is 26.3. The molecular formula is C35H36Cl3N3O5S. The Kier molecular flexibility index (Phi) is 12.6. The van der Waals surface area contributed by atoms with Gasteiger partial charge in [0.1, 0.15) is 18.3 Å². The molecule has 0 radical (unpaired) electrons. The molecule has 0 aliphatic heterocycles. The van der Waals surface area contributed by atoms with Gasteiger partial charge in [0.15, 0.2) is 0 Å². The molecule has 4 rings (SSSR count). The zero-order chi connectivity index (χ0) is 34.1. The van der Waals surface area contributed by atoms with Crippen LogP contribution in [0.5, 0.6) is 5.75 Å². The van der Waals surface area contributed by atoms with Crippen molar-refractivity contribution in [3.8, 4) is 5.75 Å². The number of hydrogen-bond donors (Lipinski definition) is 1. The number of nitrogens with zero attached hydrogens (tertiary/aromatic N) is 2. The van der Waals surface area contributed by atoms with Gasteiger partial charge in [0, 0.05) is 29.6 Å². The number of sulfonamides is 1. The van der Waals surface area contributed by atoms with E-state index in [1.54, 1.807) is 30.3 Å². The molecule has 0 heterocycles. The highest BCUT2D eigenvalue weighted by Gasteiger charge is 2.35. The molecule has 0 saturated carbocycles. The van der Waals surface area contributed by atoms with Crippen LogP contribution in [0, 0.1) is 6.92 Å². The highest BCUT2D eigenvalue weighted by molar-refractivity contribution is 7.92. The number of halogens is 3. The summed E-state index contributed by atoms with van der Waals surface area (Å²) < 4.78 is 34.7. The molecule has 8 nitrogen and oxygen atoms in total. The Balaban J connectivity index is 1.84. The van der Waals surface area contributed by atoms with E-state index >= 15 is 0 Å². The van der Waals surface area contributed by atoms with Gasteiger partial charge in [-0.3, -0.25) is 13.9 Å². The van der Waals surface area contributed by atoms with E-state index in [-0.39, 0.29) is 34.5 Å². The molecule has 2 amide bonds. The van der Waals surface area contributed by atoms with Gasteiger partial charge in [-0.15, -0.1) is 0 Å². The predicted molar refractivity (Wildman–Crippen MR) is 188 cm³/mol. The molecule has 248 valence electrons. The molecule has 12 heteroatoms. The Morgan fingerprint density at radius 1 is 0.894 bits per heavy atom. The summed E-state index contributed by atoms with van der Waals surface area (Å²) in [4.78, 5) is 29.7. The van der Waals surface area contributed by atoms with Crippen molar-refractivity contribution in [1.29, 1.82) is 0 Å². The molecule has 0 unspecified atom stereocenters. The minimum atomic E-state index is -4.30. The van der Waals surface area contributed by atoms with E-state index < -0.39 is 28.5 Å². The Bertz CT molecular complexity index is 1810. The van der Waals surface area contributed by atoms with Crippen molar-refractivity contribution < 1.29 is 22.7 Å². The number of nitrogens with one attached hydrogen (secondary N) is 1. The SMILES string of the molecule is CCCNC(=O)[C@H](Cc1ccccc1)N(Cc1ccc(Cl)cc1Cl)C(=O)CN(c1ccc(OC)c(Cl)c1)S(=O)(=O)c1ccc(C)cc1. The number of anilines is 1. The summed E-state index contributed by atoms with van der Waals surface area (Å²) >= 11 is 19.2. The highest BCUT2D eigenvalue weighted by atomic mass is 35.5. The number of benzene rings is 4. The maximum atomic E-state index is 14.6. The molecule has 0 spiro atoms. The first kappa shape index (κ1) is 36.1. The summed E-state index contributed by atoms with van der Waals surface area (Å²) in [5.74, 6) is -0.676. The summed E-state index contributed by atoms with van der Waals surface area (Å²) in [6.45, 7) is 3.43. The highest BCUT2D eigenvalue weighted by Crippen LogP contribution is 2.33. The van der Waals surface area contributed by atoms with Crippen LogP contribution in [0.1, 0.15) is 30.0 Å². The van der Waals surface area contributed by atoms with Gasteiger partial charge < -0.3 is 15.0 Å². The molecule has 47 heavy (non-hydrogen) atoms. The first-order chi connectivity index (χ1) is 22.4. The van der Waals surface area contributed by atoms with Crippen molar-refractivity contribution in [2.75, 3.05) is 24.5 Å². The minimum Gasteiger partial charge on any atom is -0.495 e. The molecule has 0 saturated heterocycles. The summed E-state index contributed by atoms with van der Waals surface area (Å²) in [6, 6.07) is 23.9. The first-order valence-corrected chi connectivity index (χ1v) is 17.5. The molecule has 0 bridgehead atoms. The van der Waals surface area contributed by atoms with Gasteiger partial charge in [0.2, 0.25) is 11.8 Å². The second-order valence-electron chi connectivity index (χ2n) is 10.9. The molecule has 1 atom stereocenters. The molecule has 4 aromatic carbocycles. The molecular weight excluding hydrogens is 681 g/mol. The number of aryl methyl sites for hydroxylation is 1. The van der Waals surface area contributed by atoms with Gasteiger partial charge >= 0.3 is 0 Å². The third kappa shape index (κ3) is 9.20. The second-order valence-corrected chi connectivity index (χ2v) is 14.0. The van der Waals surface area contributed by atoms with Gasteiger partial charge in [-0.25, -0.2) is 8.42 Å². The monoisotopic (exact) mass is 715 g/mol. The van der Waals surface area contributed by atoms with Gasteiger partial charge in [0.05, 0.1) is 22.7 Å². The Morgan fingerprint density at radius 2 is 1.60 bits per heavy atom. The molecule has 0 aliphatic rings. The summed E-state index contributed by atoms with van der Waals surface area (Å²) in [5, 5.41) is 3.78. The average Bonchev–Trinajstić information content (AvgIpc) is 3.05. The van der Waals surface area contributed by atoms with Gasteiger partial charge in [-0.05, 0) is 66.9 Å². The fraction of sp³-hybridized carbons (Fsp3) is 0.257. The van der Waals surface area contributed by atoms with Crippen molar-refractivity contribution in [3.05, 3.63) is 123 Å². The number of carbonyl (C=O) groups is 2. The average molecular weight is 717 g/mol. The predicted octanol–water partition coefficient (Wildman–Crippen LogP) is 7.33. The van der Waals surface area contributed by atoms with Crippen molar-refractivity contribution >= 4 is 62.3 Å². The first-order valence-electron chi connectivity index (χ1n) is 14.9. The lowest BCUT2D eigenvalue weighted by Gasteiger charge is -2.34. The van der Waals surface area contributed by atoms with Crippen molar-refractivity contribution in [2.45, 2.75) is 44.2 Å². The lowest BCUT2D eigenvalue weighted by molar-refractivity contribution is -0.140. The largest absolute Gasteiger partial charge is 0.495 e. The van der Waals surface area contributed by atoms with E-state index in [4.69, 9.17) is 39.5 Å². The second kappa shape index (κ2) is 16.4. The van der Waals surface area contributed by atoms with E-state index in [1.807, 2.05) is 44.2 Å². The van der Waals surface area contributed by atoms with Crippen LogP contribution in [0.3, 0.4) is 0 Å². The van der Waals surface area contributed by atoms with E-state index in [0.29, 0.717) is 34.3 Å². The van der Waals surface area contributed by atoms with Crippen molar-refractivity contribution in [3.63, 3.8) is 0 Å². The Morgan fingerprint density at radius 3 is 2.21 bits per heavy atom. The minimum absolute atomic E-state index is 0.0170. The van der Waals surface area contributed by atoms with E-state index in [2.05, 4.69) is 5.32 Å². The van der Waals surface area contributed by atoms with Gasteiger partial charge in [-0.2, -0.15) is 0 Å². The van der Waals surface area contributed by atoms with Crippen LogP contribution in [-0.4, -0.2) is 51.4 Å². The van der Waals surface area contributed by atoms with Crippen LogP contribution < -0.4 is 14.4 Å². The molecule has 4 aromatic rings. The number of methoxy groups -OCH3 is 1.